The van der Waals surface area contributed by atoms with Crippen LogP contribution in [0.15, 0.2) is 42.6 Å². The molecule has 2 aromatic carbocycles. The Morgan fingerprint density at radius 2 is 2.04 bits per heavy atom. The molecule has 0 atom stereocenters. The number of rotatable bonds is 4. The van der Waals surface area contributed by atoms with Crippen LogP contribution >= 0.6 is 0 Å². The van der Waals surface area contributed by atoms with Crippen molar-refractivity contribution in [2.75, 3.05) is 18.6 Å². The number of pyridine rings is 1. The lowest BCUT2D eigenvalue weighted by Gasteiger charge is -2.21. The van der Waals surface area contributed by atoms with E-state index in [-0.39, 0.29) is 11.5 Å². The number of methoxy groups -OCH3 is 1. The number of primary sulfonamides is 1. The molecule has 2 N–H and O–H groups in total. The van der Waals surface area contributed by atoms with Gasteiger partial charge in [0.25, 0.3) is 0 Å². The molecule has 3 aromatic rings. The smallest absolute Gasteiger partial charge is 0.213 e. The van der Waals surface area contributed by atoms with E-state index in [0.29, 0.717) is 23.0 Å². The third kappa shape index (κ3) is 3.33. The number of fused-ring (bicyclic) bond motifs is 2. The van der Waals surface area contributed by atoms with Gasteiger partial charge in [0.05, 0.1) is 24.1 Å². The highest BCUT2D eigenvalue weighted by atomic mass is 32.2. The fourth-order valence-electron chi connectivity index (χ4n) is 3.55. The van der Waals surface area contributed by atoms with Crippen LogP contribution in [0.5, 0.6) is 5.75 Å². The molecule has 140 valence electrons. The molecule has 1 aliphatic heterocycles. The van der Waals surface area contributed by atoms with Crippen LogP contribution in [0.2, 0.25) is 0 Å². The lowest BCUT2D eigenvalue weighted by atomic mass is 10.1. The number of aromatic nitrogens is 1. The van der Waals surface area contributed by atoms with Crippen LogP contribution in [0.3, 0.4) is 0 Å². The van der Waals surface area contributed by atoms with Crippen LogP contribution in [0.25, 0.3) is 10.9 Å². The van der Waals surface area contributed by atoms with Gasteiger partial charge in [0, 0.05) is 29.9 Å². The maximum atomic E-state index is 14.3. The van der Waals surface area contributed by atoms with E-state index in [0.717, 1.165) is 23.4 Å². The van der Waals surface area contributed by atoms with Gasteiger partial charge in [-0.05, 0) is 35.7 Å². The predicted octanol–water partition coefficient (Wildman–Crippen LogP) is 2.87. The van der Waals surface area contributed by atoms with Gasteiger partial charge in [-0.2, -0.15) is 0 Å². The third-order valence-corrected chi connectivity index (χ3v) is 5.43. The average Bonchev–Trinajstić information content (AvgIpc) is 3.02. The molecule has 0 saturated heterocycles. The Morgan fingerprint density at radius 3 is 2.78 bits per heavy atom. The summed E-state index contributed by atoms with van der Waals surface area (Å²) in [6, 6.07) is 10.4. The second-order valence-electron chi connectivity index (χ2n) is 6.51. The number of benzene rings is 2. The van der Waals surface area contributed by atoms with Crippen molar-refractivity contribution in [3.8, 4) is 5.75 Å². The zero-order valence-electron chi connectivity index (χ0n) is 14.6. The first-order valence-corrected chi connectivity index (χ1v) is 10.1. The first-order valence-electron chi connectivity index (χ1n) is 8.38. The Bertz CT molecular complexity index is 1150. The van der Waals surface area contributed by atoms with Crippen LogP contribution in [0.4, 0.5) is 15.8 Å². The summed E-state index contributed by atoms with van der Waals surface area (Å²) in [6.07, 6.45) is 2.44. The Morgan fingerprint density at radius 1 is 1.22 bits per heavy atom. The van der Waals surface area contributed by atoms with Gasteiger partial charge in [0.15, 0.2) is 11.6 Å². The zero-order chi connectivity index (χ0) is 19.2. The Labute approximate surface area is 156 Å². The summed E-state index contributed by atoms with van der Waals surface area (Å²) in [7, 11) is -2.16. The molecule has 8 heteroatoms. The molecule has 4 rings (SSSR count). The largest absolute Gasteiger partial charge is 0.494 e. The van der Waals surface area contributed by atoms with Crippen molar-refractivity contribution < 1.29 is 17.5 Å². The average molecular weight is 387 g/mol. The van der Waals surface area contributed by atoms with Gasteiger partial charge in [-0.25, -0.2) is 17.9 Å². The van der Waals surface area contributed by atoms with Crippen molar-refractivity contribution in [3.05, 3.63) is 59.5 Å². The summed E-state index contributed by atoms with van der Waals surface area (Å²) in [4.78, 5) is 6.41. The van der Waals surface area contributed by atoms with Gasteiger partial charge in [-0.15, -0.1) is 0 Å². The highest BCUT2D eigenvalue weighted by molar-refractivity contribution is 7.88. The van der Waals surface area contributed by atoms with E-state index in [1.165, 1.54) is 13.2 Å². The molecule has 0 radical (unpaired) electrons. The number of nitrogens with zero attached hydrogens (tertiary/aromatic N) is 2. The Balaban J connectivity index is 1.78. The molecule has 0 amide bonds. The maximum absolute atomic E-state index is 14.3. The maximum Gasteiger partial charge on any atom is 0.213 e. The van der Waals surface area contributed by atoms with E-state index in [1.54, 1.807) is 18.3 Å². The number of halogens is 1. The van der Waals surface area contributed by atoms with Crippen molar-refractivity contribution >= 4 is 32.3 Å². The predicted molar refractivity (Wildman–Crippen MR) is 102 cm³/mol. The summed E-state index contributed by atoms with van der Waals surface area (Å²) >= 11 is 0. The van der Waals surface area contributed by atoms with Crippen molar-refractivity contribution in [2.24, 2.45) is 5.14 Å². The van der Waals surface area contributed by atoms with Gasteiger partial charge in [-0.3, -0.25) is 4.98 Å². The highest BCUT2D eigenvalue weighted by Gasteiger charge is 2.23. The molecule has 2 heterocycles. The molecule has 27 heavy (non-hydrogen) atoms. The SMILES string of the molecule is COc1cc2nccc(N3CCc4cc(CS(N)(=O)=O)ccc43)c2cc1F. The number of ether oxygens (including phenoxy) is 1. The van der Waals surface area contributed by atoms with Gasteiger partial charge >= 0.3 is 0 Å². The molecular weight excluding hydrogens is 369 g/mol. The minimum absolute atomic E-state index is 0.154. The first kappa shape index (κ1) is 17.7. The van der Waals surface area contributed by atoms with E-state index >= 15 is 0 Å². The van der Waals surface area contributed by atoms with Gasteiger partial charge in [0.1, 0.15) is 0 Å². The molecular formula is C19H18FN3O3S. The molecule has 6 nitrogen and oxygen atoms in total. The van der Waals surface area contributed by atoms with E-state index in [9.17, 15) is 12.8 Å². The zero-order valence-corrected chi connectivity index (χ0v) is 15.5. The van der Waals surface area contributed by atoms with Gasteiger partial charge in [-0.1, -0.05) is 12.1 Å². The standard InChI is InChI=1S/C19H18FN3O3S/c1-26-19-10-16-14(9-15(19)20)18(4-6-22-16)23-7-5-13-8-12(2-3-17(13)23)11-27(21,24)25/h2-4,6,8-10H,5,7,11H2,1H3,(H2,21,24,25). The quantitative estimate of drug-likeness (QED) is 0.744. The summed E-state index contributed by atoms with van der Waals surface area (Å²) in [5, 5.41) is 5.83. The van der Waals surface area contributed by atoms with Crippen LogP contribution < -0.4 is 14.8 Å². The number of anilines is 2. The summed E-state index contributed by atoms with van der Waals surface area (Å²) < 4.78 is 42.0. The molecule has 0 fully saturated rings. The van der Waals surface area contributed by atoms with E-state index in [1.807, 2.05) is 18.2 Å². The second kappa shape index (κ2) is 6.47. The summed E-state index contributed by atoms with van der Waals surface area (Å²) in [6.45, 7) is 0.709. The number of nitrogens with two attached hydrogens (primary N) is 1. The molecule has 1 aromatic heterocycles. The van der Waals surface area contributed by atoms with E-state index in [2.05, 4.69) is 9.88 Å². The topological polar surface area (TPSA) is 85.5 Å². The minimum Gasteiger partial charge on any atom is -0.494 e. The Hall–Kier alpha value is -2.71. The fraction of sp³-hybridized carbons (Fsp3) is 0.211. The summed E-state index contributed by atoms with van der Waals surface area (Å²) in [5.74, 6) is -0.479. The number of sulfonamides is 1. The minimum atomic E-state index is -3.58. The third-order valence-electron chi connectivity index (χ3n) is 4.69. The van der Waals surface area contributed by atoms with Crippen molar-refractivity contribution in [3.63, 3.8) is 0 Å². The monoisotopic (exact) mass is 387 g/mol. The van der Waals surface area contributed by atoms with Crippen LogP contribution in [0.1, 0.15) is 11.1 Å². The van der Waals surface area contributed by atoms with Crippen molar-refractivity contribution in [1.82, 2.24) is 4.98 Å². The normalized spacial score (nSPS) is 13.8. The molecule has 1 aliphatic rings. The summed E-state index contributed by atoms with van der Waals surface area (Å²) in [5.41, 5.74) is 4.16. The lowest BCUT2D eigenvalue weighted by molar-refractivity contribution is 0.387. The highest BCUT2D eigenvalue weighted by Crippen LogP contribution is 2.39. The van der Waals surface area contributed by atoms with Crippen molar-refractivity contribution in [2.45, 2.75) is 12.2 Å². The van der Waals surface area contributed by atoms with Crippen LogP contribution in [-0.2, 0) is 22.2 Å². The van der Waals surface area contributed by atoms with Gasteiger partial charge in [0.2, 0.25) is 10.0 Å². The Kier molecular flexibility index (Phi) is 4.24. The van der Waals surface area contributed by atoms with Crippen LogP contribution in [-0.4, -0.2) is 27.1 Å². The van der Waals surface area contributed by atoms with E-state index < -0.39 is 15.8 Å². The number of hydrogen-bond acceptors (Lipinski definition) is 5. The molecule has 0 aliphatic carbocycles. The van der Waals surface area contributed by atoms with Crippen LogP contribution in [0, 0.1) is 5.82 Å². The fourth-order valence-corrected chi connectivity index (χ4v) is 4.20. The lowest BCUT2D eigenvalue weighted by Crippen LogP contribution is -2.15. The number of hydrogen-bond donors (Lipinski definition) is 1. The molecule has 0 saturated carbocycles. The second-order valence-corrected chi connectivity index (χ2v) is 8.12. The molecule has 0 spiro atoms. The van der Waals surface area contributed by atoms with Crippen molar-refractivity contribution in [1.29, 1.82) is 0 Å². The van der Waals surface area contributed by atoms with E-state index in [4.69, 9.17) is 9.88 Å². The van der Waals surface area contributed by atoms with Gasteiger partial charge < -0.3 is 9.64 Å². The first-order chi connectivity index (χ1) is 12.9. The molecule has 0 unspecified atom stereocenters. The molecule has 0 bridgehead atoms.